The second-order valence-electron chi connectivity index (χ2n) is 4.14. The fourth-order valence-corrected chi connectivity index (χ4v) is 1.96. The number of non-ortho nitro benzene ring substituents is 1. The van der Waals surface area contributed by atoms with E-state index in [1.54, 1.807) is 18.5 Å². The number of benzene rings is 1. The Labute approximate surface area is 121 Å². The molecule has 20 heavy (non-hydrogen) atoms. The van der Waals surface area contributed by atoms with Gasteiger partial charge in [0, 0.05) is 36.5 Å². The number of ether oxygens (including phenoxy) is 1. The molecule has 0 aliphatic rings. The fraction of sp³-hybridized carbons (Fsp3) is 0.214. The van der Waals surface area contributed by atoms with Gasteiger partial charge in [-0.3, -0.25) is 15.1 Å². The first-order valence-electron chi connectivity index (χ1n) is 6.05. The van der Waals surface area contributed by atoms with Gasteiger partial charge in [-0.05, 0) is 23.8 Å². The zero-order valence-electron chi connectivity index (χ0n) is 10.7. The van der Waals surface area contributed by atoms with Crippen molar-refractivity contribution >= 4 is 17.3 Å². The van der Waals surface area contributed by atoms with Crippen LogP contribution in [0.25, 0.3) is 0 Å². The Morgan fingerprint density at radius 1 is 1.25 bits per heavy atom. The van der Waals surface area contributed by atoms with Gasteiger partial charge in [0.05, 0.1) is 17.4 Å². The lowest BCUT2D eigenvalue weighted by Gasteiger charge is -2.09. The van der Waals surface area contributed by atoms with Crippen LogP contribution in [0.1, 0.15) is 11.1 Å². The van der Waals surface area contributed by atoms with Crippen molar-refractivity contribution in [3.8, 4) is 5.75 Å². The number of pyridine rings is 1. The Balaban J connectivity index is 2.00. The molecule has 0 unspecified atom stereocenters. The third-order valence-electron chi connectivity index (χ3n) is 2.80. The van der Waals surface area contributed by atoms with E-state index in [0.29, 0.717) is 17.9 Å². The van der Waals surface area contributed by atoms with E-state index in [2.05, 4.69) is 4.98 Å². The predicted octanol–water partition coefficient (Wildman–Crippen LogP) is 3.35. The average Bonchev–Trinajstić information content (AvgIpc) is 2.48. The van der Waals surface area contributed by atoms with E-state index in [4.69, 9.17) is 16.3 Å². The smallest absolute Gasteiger partial charge is 0.270 e. The van der Waals surface area contributed by atoms with E-state index in [0.717, 1.165) is 12.0 Å². The molecule has 6 heteroatoms. The highest BCUT2D eigenvalue weighted by Gasteiger charge is 2.11. The molecule has 0 aliphatic heterocycles. The first-order chi connectivity index (χ1) is 9.70. The highest BCUT2D eigenvalue weighted by atomic mass is 35.5. The molecule has 1 aromatic heterocycles. The zero-order valence-corrected chi connectivity index (χ0v) is 11.4. The summed E-state index contributed by atoms with van der Waals surface area (Å²) < 4.78 is 5.64. The number of nitro groups is 1. The second kappa shape index (κ2) is 6.86. The van der Waals surface area contributed by atoms with Crippen molar-refractivity contribution in [1.82, 2.24) is 4.98 Å². The molecular formula is C14H13ClN2O3. The van der Waals surface area contributed by atoms with Crippen LogP contribution in [0.2, 0.25) is 0 Å². The summed E-state index contributed by atoms with van der Waals surface area (Å²) in [4.78, 5) is 14.2. The maximum absolute atomic E-state index is 10.7. The average molecular weight is 293 g/mol. The molecule has 0 saturated heterocycles. The number of halogens is 1. The Bertz CT molecular complexity index is 590. The van der Waals surface area contributed by atoms with E-state index in [1.807, 2.05) is 12.1 Å². The molecule has 0 N–H and O–H groups in total. The van der Waals surface area contributed by atoms with Crippen LogP contribution in [0.4, 0.5) is 5.69 Å². The van der Waals surface area contributed by atoms with Gasteiger partial charge in [-0.15, -0.1) is 11.6 Å². The summed E-state index contributed by atoms with van der Waals surface area (Å²) >= 11 is 5.79. The third-order valence-corrected chi connectivity index (χ3v) is 3.08. The van der Waals surface area contributed by atoms with Crippen LogP contribution in [-0.4, -0.2) is 16.5 Å². The summed E-state index contributed by atoms with van der Waals surface area (Å²) in [6.07, 6.45) is 4.19. The molecule has 0 bridgehead atoms. The minimum absolute atomic E-state index is 0.0159. The van der Waals surface area contributed by atoms with Crippen LogP contribution >= 0.6 is 11.6 Å². The van der Waals surface area contributed by atoms with E-state index in [9.17, 15) is 10.1 Å². The number of nitro benzene ring substituents is 1. The lowest BCUT2D eigenvalue weighted by atomic mass is 10.2. The van der Waals surface area contributed by atoms with Gasteiger partial charge in [-0.1, -0.05) is 0 Å². The van der Waals surface area contributed by atoms with Crippen LogP contribution in [-0.2, 0) is 12.3 Å². The second-order valence-corrected chi connectivity index (χ2v) is 4.40. The van der Waals surface area contributed by atoms with Gasteiger partial charge in [0.1, 0.15) is 5.75 Å². The molecule has 1 aromatic carbocycles. The van der Waals surface area contributed by atoms with E-state index < -0.39 is 4.92 Å². The first-order valence-corrected chi connectivity index (χ1v) is 6.59. The van der Waals surface area contributed by atoms with Crippen molar-refractivity contribution in [3.05, 3.63) is 64.0 Å². The molecule has 0 fully saturated rings. The maximum Gasteiger partial charge on any atom is 0.270 e. The Morgan fingerprint density at radius 2 is 2.00 bits per heavy atom. The number of aromatic nitrogens is 1. The normalized spacial score (nSPS) is 10.2. The Kier molecular flexibility index (Phi) is 4.90. The molecule has 2 rings (SSSR count). The van der Waals surface area contributed by atoms with E-state index >= 15 is 0 Å². The van der Waals surface area contributed by atoms with E-state index in [-0.39, 0.29) is 11.6 Å². The number of nitrogens with zero attached hydrogens (tertiary/aromatic N) is 2. The first kappa shape index (κ1) is 14.3. The van der Waals surface area contributed by atoms with Gasteiger partial charge in [-0.25, -0.2) is 0 Å². The SMILES string of the molecule is O=[N+]([O-])c1ccc(OCCc2ccncc2)c(CCl)c1. The van der Waals surface area contributed by atoms with Gasteiger partial charge in [-0.2, -0.15) is 0 Å². The highest BCUT2D eigenvalue weighted by molar-refractivity contribution is 6.17. The molecule has 0 aliphatic carbocycles. The summed E-state index contributed by atoms with van der Waals surface area (Å²) in [5.74, 6) is 0.756. The van der Waals surface area contributed by atoms with Crippen LogP contribution in [0.3, 0.4) is 0 Å². The molecular weight excluding hydrogens is 280 g/mol. The topological polar surface area (TPSA) is 65.3 Å². The predicted molar refractivity (Wildman–Crippen MR) is 76.1 cm³/mol. The molecule has 0 atom stereocenters. The van der Waals surface area contributed by atoms with Crippen molar-refractivity contribution in [2.24, 2.45) is 0 Å². The number of hydrogen-bond donors (Lipinski definition) is 0. The molecule has 0 saturated carbocycles. The third kappa shape index (κ3) is 3.68. The number of alkyl halides is 1. The standard InChI is InChI=1S/C14H13ClN2O3/c15-10-12-9-13(17(18)19)1-2-14(12)20-8-5-11-3-6-16-7-4-11/h1-4,6-7,9H,5,8,10H2. The summed E-state index contributed by atoms with van der Waals surface area (Å²) in [6, 6.07) is 8.28. The molecule has 0 spiro atoms. The van der Waals surface area contributed by atoms with Crippen LogP contribution < -0.4 is 4.74 Å². The summed E-state index contributed by atoms with van der Waals surface area (Å²) in [5, 5.41) is 10.7. The molecule has 0 amide bonds. The zero-order chi connectivity index (χ0) is 14.4. The molecule has 1 heterocycles. The Hall–Kier alpha value is -2.14. The highest BCUT2D eigenvalue weighted by Crippen LogP contribution is 2.25. The van der Waals surface area contributed by atoms with Crippen LogP contribution in [0.5, 0.6) is 5.75 Å². The number of hydrogen-bond acceptors (Lipinski definition) is 4. The van der Waals surface area contributed by atoms with Gasteiger partial charge in [0.15, 0.2) is 0 Å². The maximum atomic E-state index is 10.7. The minimum Gasteiger partial charge on any atom is -0.493 e. The molecule has 5 nitrogen and oxygen atoms in total. The fourth-order valence-electron chi connectivity index (χ4n) is 1.75. The van der Waals surface area contributed by atoms with E-state index in [1.165, 1.54) is 12.1 Å². The van der Waals surface area contributed by atoms with Gasteiger partial charge >= 0.3 is 0 Å². The van der Waals surface area contributed by atoms with Gasteiger partial charge in [0.2, 0.25) is 0 Å². The summed E-state index contributed by atoms with van der Waals surface area (Å²) in [5.41, 5.74) is 1.76. The van der Waals surface area contributed by atoms with Crippen molar-refractivity contribution in [2.75, 3.05) is 6.61 Å². The Morgan fingerprint density at radius 3 is 2.65 bits per heavy atom. The quantitative estimate of drug-likeness (QED) is 0.465. The summed E-state index contributed by atoms with van der Waals surface area (Å²) in [7, 11) is 0. The van der Waals surface area contributed by atoms with Crippen molar-refractivity contribution in [2.45, 2.75) is 12.3 Å². The van der Waals surface area contributed by atoms with Crippen molar-refractivity contribution in [3.63, 3.8) is 0 Å². The lowest BCUT2D eigenvalue weighted by molar-refractivity contribution is -0.384. The summed E-state index contributed by atoms with van der Waals surface area (Å²) in [6.45, 7) is 0.478. The van der Waals surface area contributed by atoms with Crippen LogP contribution in [0.15, 0.2) is 42.7 Å². The molecule has 0 radical (unpaired) electrons. The van der Waals surface area contributed by atoms with Gasteiger partial charge in [0.25, 0.3) is 5.69 Å². The monoisotopic (exact) mass is 292 g/mol. The minimum atomic E-state index is -0.448. The van der Waals surface area contributed by atoms with Crippen molar-refractivity contribution in [1.29, 1.82) is 0 Å². The lowest BCUT2D eigenvalue weighted by Crippen LogP contribution is -2.03. The van der Waals surface area contributed by atoms with Crippen LogP contribution in [0, 0.1) is 10.1 Å². The van der Waals surface area contributed by atoms with Gasteiger partial charge < -0.3 is 4.74 Å². The molecule has 2 aromatic rings. The number of rotatable bonds is 6. The molecule has 104 valence electrons. The largest absolute Gasteiger partial charge is 0.493 e. The van der Waals surface area contributed by atoms with Crippen molar-refractivity contribution < 1.29 is 9.66 Å².